The van der Waals surface area contributed by atoms with Gasteiger partial charge in [-0.15, -0.1) is 0 Å². The van der Waals surface area contributed by atoms with Gasteiger partial charge in [0.15, 0.2) is 0 Å². The number of anilines is 1. The van der Waals surface area contributed by atoms with Crippen LogP contribution >= 0.6 is 0 Å². The summed E-state index contributed by atoms with van der Waals surface area (Å²) >= 11 is 0. The Bertz CT molecular complexity index is 636. The molecule has 0 spiro atoms. The third-order valence-electron chi connectivity index (χ3n) is 4.04. The molecular weight excluding hydrogens is 292 g/mol. The first-order valence-corrected chi connectivity index (χ1v) is 8.50. The van der Waals surface area contributed by atoms with Gasteiger partial charge in [-0.05, 0) is 43.9 Å². The van der Waals surface area contributed by atoms with Crippen molar-refractivity contribution in [3.05, 3.63) is 23.8 Å². The minimum absolute atomic E-state index is 0.0774. The van der Waals surface area contributed by atoms with E-state index in [0.29, 0.717) is 11.6 Å². The molecule has 4 N–H and O–H groups in total. The maximum atomic E-state index is 11.3. The molecule has 0 aliphatic heterocycles. The highest BCUT2D eigenvalue weighted by Gasteiger charge is 2.23. The molecule has 1 unspecified atom stereocenters. The topological polar surface area (TPSA) is 109 Å². The van der Waals surface area contributed by atoms with E-state index in [1.165, 1.54) is 25.0 Å². The number of aromatic carboxylic acids is 1. The van der Waals surface area contributed by atoms with E-state index in [1.54, 1.807) is 0 Å². The molecule has 116 valence electrons. The second-order valence-corrected chi connectivity index (χ2v) is 7.10. The highest BCUT2D eigenvalue weighted by molar-refractivity contribution is 7.89. The smallest absolute Gasteiger partial charge is 0.337 e. The zero-order chi connectivity index (χ0) is 15.6. The van der Waals surface area contributed by atoms with Crippen molar-refractivity contribution in [3.8, 4) is 0 Å². The summed E-state index contributed by atoms with van der Waals surface area (Å²) < 4.78 is 22.6. The highest BCUT2D eigenvalue weighted by atomic mass is 32.2. The van der Waals surface area contributed by atoms with Gasteiger partial charge in [0.2, 0.25) is 10.0 Å². The zero-order valence-corrected chi connectivity index (χ0v) is 12.7. The fourth-order valence-electron chi connectivity index (χ4n) is 2.82. The first-order valence-electron chi connectivity index (χ1n) is 6.95. The lowest BCUT2D eigenvalue weighted by Gasteiger charge is -2.22. The maximum Gasteiger partial charge on any atom is 0.337 e. The molecule has 0 amide bonds. The number of hydrogen-bond acceptors (Lipinski definition) is 4. The molecule has 0 bridgehead atoms. The van der Waals surface area contributed by atoms with Crippen molar-refractivity contribution in [1.82, 2.24) is 0 Å². The Labute approximate surface area is 124 Å². The molecule has 1 fully saturated rings. The molecule has 0 saturated heterocycles. The molecule has 0 heterocycles. The number of sulfonamides is 1. The Morgan fingerprint density at radius 1 is 1.38 bits per heavy atom. The first-order chi connectivity index (χ1) is 9.79. The van der Waals surface area contributed by atoms with Crippen LogP contribution in [0.4, 0.5) is 5.69 Å². The Morgan fingerprint density at radius 2 is 2.00 bits per heavy atom. The lowest BCUT2D eigenvalue weighted by molar-refractivity contribution is 0.0697. The first kappa shape index (κ1) is 15.8. The van der Waals surface area contributed by atoms with Gasteiger partial charge >= 0.3 is 5.97 Å². The number of nitrogens with one attached hydrogen (secondary N) is 1. The molecule has 1 aliphatic carbocycles. The summed E-state index contributed by atoms with van der Waals surface area (Å²) in [5.74, 6) is -0.661. The van der Waals surface area contributed by atoms with Crippen LogP contribution in [0.1, 0.15) is 43.0 Å². The molecule has 2 rings (SSSR count). The Kier molecular flexibility index (Phi) is 4.53. The number of rotatable bonds is 5. The van der Waals surface area contributed by atoms with Crippen LogP contribution in [0.3, 0.4) is 0 Å². The summed E-state index contributed by atoms with van der Waals surface area (Å²) in [6.07, 6.45) is 4.66. The van der Waals surface area contributed by atoms with Gasteiger partial charge in [0.1, 0.15) is 0 Å². The van der Waals surface area contributed by atoms with Gasteiger partial charge in [-0.25, -0.2) is 18.4 Å². The number of benzene rings is 1. The van der Waals surface area contributed by atoms with Crippen molar-refractivity contribution < 1.29 is 18.3 Å². The van der Waals surface area contributed by atoms with Crippen molar-refractivity contribution in [2.75, 3.05) is 5.32 Å². The molecule has 1 saturated carbocycles. The fourth-order valence-corrected chi connectivity index (χ4v) is 3.36. The van der Waals surface area contributed by atoms with Gasteiger partial charge in [-0.2, -0.15) is 0 Å². The lowest BCUT2D eigenvalue weighted by Crippen LogP contribution is -2.25. The summed E-state index contributed by atoms with van der Waals surface area (Å²) in [6, 6.07) is 4.03. The lowest BCUT2D eigenvalue weighted by atomic mass is 9.99. The number of nitrogens with two attached hydrogens (primary N) is 1. The third kappa shape index (κ3) is 3.74. The van der Waals surface area contributed by atoms with Gasteiger partial charge in [0, 0.05) is 11.7 Å². The maximum absolute atomic E-state index is 11.3. The predicted molar refractivity (Wildman–Crippen MR) is 79.8 cm³/mol. The van der Waals surface area contributed by atoms with Gasteiger partial charge < -0.3 is 10.4 Å². The molecular formula is C14H20N2O4S. The van der Waals surface area contributed by atoms with Crippen LogP contribution in [0.25, 0.3) is 0 Å². The minimum atomic E-state index is -3.91. The standard InChI is InChI=1S/C14H20N2O4S/c1-9(10-4-2-3-5-10)16-13-7-6-11(21(15,19)20)8-12(13)14(17)18/h6-10,16H,2-5H2,1H3,(H,17,18)(H2,15,19,20). The monoisotopic (exact) mass is 312 g/mol. The molecule has 6 nitrogen and oxygen atoms in total. The van der Waals surface area contributed by atoms with Crippen LogP contribution in [0.15, 0.2) is 23.1 Å². The largest absolute Gasteiger partial charge is 0.478 e. The van der Waals surface area contributed by atoms with E-state index in [9.17, 15) is 18.3 Å². The van der Waals surface area contributed by atoms with E-state index < -0.39 is 16.0 Å². The van der Waals surface area contributed by atoms with Gasteiger partial charge in [-0.3, -0.25) is 0 Å². The molecule has 7 heteroatoms. The zero-order valence-electron chi connectivity index (χ0n) is 11.9. The third-order valence-corrected chi connectivity index (χ3v) is 4.95. The Morgan fingerprint density at radius 3 is 2.52 bits per heavy atom. The molecule has 0 radical (unpaired) electrons. The number of carboxylic acids is 1. The van der Waals surface area contributed by atoms with Crippen molar-refractivity contribution >= 4 is 21.7 Å². The predicted octanol–water partition coefficient (Wildman–Crippen LogP) is 2.02. The van der Waals surface area contributed by atoms with Crippen molar-refractivity contribution in [3.63, 3.8) is 0 Å². The molecule has 1 atom stereocenters. The summed E-state index contributed by atoms with van der Waals surface area (Å²) in [6.45, 7) is 2.02. The highest BCUT2D eigenvalue weighted by Crippen LogP contribution is 2.30. The number of hydrogen-bond donors (Lipinski definition) is 3. The van der Waals surface area contributed by atoms with Crippen LogP contribution in [0, 0.1) is 5.92 Å². The second kappa shape index (κ2) is 6.03. The van der Waals surface area contributed by atoms with E-state index in [4.69, 9.17) is 5.14 Å². The van der Waals surface area contributed by atoms with Crippen LogP contribution in [0.5, 0.6) is 0 Å². The Hall–Kier alpha value is -1.60. The van der Waals surface area contributed by atoms with Gasteiger partial charge in [-0.1, -0.05) is 12.8 Å². The van der Waals surface area contributed by atoms with Crippen molar-refractivity contribution in [2.45, 2.75) is 43.5 Å². The van der Waals surface area contributed by atoms with Crippen molar-refractivity contribution in [1.29, 1.82) is 0 Å². The van der Waals surface area contributed by atoms with Crippen LogP contribution < -0.4 is 10.5 Å². The summed E-state index contributed by atoms with van der Waals surface area (Å²) in [7, 11) is -3.91. The molecule has 1 aromatic carbocycles. The minimum Gasteiger partial charge on any atom is -0.478 e. The number of carboxylic acid groups (broad SMARTS) is 1. The molecule has 21 heavy (non-hydrogen) atoms. The van der Waals surface area contributed by atoms with E-state index in [0.717, 1.165) is 18.9 Å². The van der Waals surface area contributed by atoms with Gasteiger partial charge in [0.05, 0.1) is 10.5 Å². The van der Waals surface area contributed by atoms with Gasteiger partial charge in [0.25, 0.3) is 0 Å². The fraction of sp³-hybridized carbons (Fsp3) is 0.500. The van der Waals surface area contributed by atoms with Crippen LogP contribution in [-0.2, 0) is 10.0 Å². The van der Waals surface area contributed by atoms with Crippen LogP contribution in [-0.4, -0.2) is 25.5 Å². The normalized spacial score (nSPS) is 17.6. The van der Waals surface area contributed by atoms with E-state index in [-0.39, 0.29) is 16.5 Å². The number of carbonyl (C=O) groups is 1. The van der Waals surface area contributed by atoms with E-state index >= 15 is 0 Å². The average Bonchev–Trinajstić information content (AvgIpc) is 2.91. The summed E-state index contributed by atoms with van der Waals surface area (Å²) in [5, 5.41) is 17.5. The Balaban J connectivity index is 2.28. The molecule has 1 aliphatic rings. The number of primary sulfonamides is 1. The SMILES string of the molecule is CC(Nc1ccc(S(N)(=O)=O)cc1C(=O)O)C1CCCC1. The van der Waals surface area contributed by atoms with E-state index in [2.05, 4.69) is 5.32 Å². The van der Waals surface area contributed by atoms with E-state index in [1.807, 2.05) is 6.92 Å². The summed E-state index contributed by atoms with van der Waals surface area (Å²) in [4.78, 5) is 11.1. The summed E-state index contributed by atoms with van der Waals surface area (Å²) in [5.41, 5.74) is 0.348. The second-order valence-electron chi connectivity index (χ2n) is 5.54. The quantitative estimate of drug-likeness (QED) is 0.770. The average molecular weight is 312 g/mol. The van der Waals surface area contributed by atoms with Crippen molar-refractivity contribution in [2.24, 2.45) is 11.1 Å². The molecule has 1 aromatic rings. The molecule has 0 aromatic heterocycles. The van der Waals surface area contributed by atoms with Crippen LogP contribution in [0.2, 0.25) is 0 Å².